The average Bonchev–Trinajstić information content (AvgIpc) is 2.92. The Balaban J connectivity index is 1.76. The lowest BCUT2D eigenvalue weighted by atomic mass is 9.75. The molecular weight excluding hydrogens is 544 g/mol. The third-order valence-electron chi connectivity index (χ3n) is 10.1. The molecule has 2 aliphatic carbocycles. The Labute approximate surface area is 256 Å². The van der Waals surface area contributed by atoms with Gasteiger partial charge in [-0.05, 0) is 75.0 Å². The van der Waals surface area contributed by atoms with Crippen LogP contribution in [-0.4, -0.2) is 29.1 Å². The highest BCUT2D eigenvalue weighted by Gasteiger charge is 2.44. The fourth-order valence-electron chi connectivity index (χ4n) is 7.65. The standard InChI is InChI=1S/C35H50N2O6/c1-19(2)25-15-13-21(5)17-29(25)42-34(38)31-23(7)36-24(8)32(33(31)27-11-9-10-12-28(27)37(40)41)35(39)43-30-18-22(6)14-16-26(30)20(3)4/h9-12,19-22,25-26,29-30,33,36H,13-18H2,1-8H3/t21-,22-,25+,26+,29?,30?,33?/m1/s1. The summed E-state index contributed by atoms with van der Waals surface area (Å²) in [6.07, 6.45) is 5.15. The van der Waals surface area contributed by atoms with Crippen molar-refractivity contribution in [2.24, 2.45) is 35.5 Å². The molecule has 8 nitrogen and oxygen atoms in total. The number of nitrogens with zero attached hydrogens (tertiary/aromatic N) is 1. The summed E-state index contributed by atoms with van der Waals surface area (Å²) >= 11 is 0. The molecule has 0 spiro atoms. The highest BCUT2D eigenvalue weighted by atomic mass is 16.6. The Morgan fingerprint density at radius 1 is 0.814 bits per heavy atom. The van der Waals surface area contributed by atoms with Crippen LogP contribution in [0.5, 0.6) is 0 Å². The lowest BCUT2D eigenvalue weighted by Crippen LogP contribution is -2.40. The molecule has 1 aromatic carbocycles. The molecule has 2 saturated carbocycles. The maximum atomic E-state index is 14.2. The topological polar surface area (TPSA) is 108 Å². The van der Waals surface area contributed by atoms with Crippen LogP contribution in [0, 0.1) is 45.6 Å². The van der Waals surface area contributed by atoms with Crippen LogP contribution >= 0.6 is 0 Å². The lowest BCUT2D eigenvalue weighted by molar-refractivity contribution is -0.385. The number of nitro benzene ring substituents is 1. The van der Waals surface area contributed by atoms with Gasteiger partial charge in [-0.3, -0.25) is 10.1 Å². The van der Waals surface area contributed by atoms with Gasteiger partial charge in [-0.25, -0.2) is 9.59 Å². The first-order valence-corrected chi connectivity index (χ1v) is 16.1. The monoisotopic (exact) mass is 594 g/mol. The predicted molar refractivity (Wildman–Crippen MR) is 167 cm³/mol. The summed E-state index contributed by atoms with van der Waals surface area (Å²) < 4.78 is 12.6. The normalized spacial score (nSPS) is 29.9. The van der Waals surface area contributed by atoms with Gasteiger partial charge in [0, 0.05) is 23.0 Å². The molecule has 1 aromatic rings. The fourth-order valence-corrected chi connectivity index (χ4v) is 7.65. The van der Waals surface area contributed by atoms with Crippen LogP contribution in [0.4, 0.5) is 5.69 Å². The van der Waals surface area contributed by atoms with Crippen molar-refractivity contribution in [2.45, 2.75) is 112 Å². The second kappa shape index (κ2) is 13.6. The van der Waals surface area contributed by atoms with Crippen LogP contribution in [0.2, 0.25) is 0 Å². The van der Waals surface area contributed by atoms with E-state index < -0.39 is 22.8 Å². The molecule has 8 heteroatoms. The SMILES string of the molecule is CC1=C(C(=O)OC2C[C@H](C)CC[C@H]2C(C)C)C(c2ccccc2[N+](=O)[O-])C(C(=O)OC2C[C@H](C)CC[C@H]2C(C)C)=C(C)N1. The molecule has 236 valence electrons. The van der Waals surface area contributed by atoms with Gasteiger partial charge in [-0.15, -0.1) is 0 Å². The molecule has 0 amide bonds. The van der Waals surface area contributed by atoms with Gasteiger partial charge in [0.1, 0.15) is 12.2 Å². The number of para-hydroxylation sites is 1. The van der Waals surface area contributed by atoms with E-state index >= 15 is 0 Å². The molecule has 3 aliphatic rings. The van der Waals surface area contributed by atoms with Crippen molar-refractivity contribution >= 4 is 17.6 Å². The zero-order valence-corrected chi connectivity index (χ0v) is 27.1. The van der Waals surface area contributed by atoms with Crippen molar-refractivity contribution in [1.29, 1.82) is 0 Å². The molecule has 0 aromatic heterocycles. The summed E-state index contributed by atoms with van der Waals surface area (Å²) in [4.78, 5) is 40.2. The third-order valence-corrected chi connectivity index (χ3v) is 10.1. The van der Waals surface area contributed by atoms with E-state index in [9.17, 15) is 19.7 Å². The quantitative estimate of drug-likeness (QED) is 0.186. The smallest absolute Gasteiger partial charge is 0.337 e. The van der Waals surface area contributed by atoms with E-state index in [1.165, 1.54) is 6.07 Å². The maximum absolute atomic E-state index is 14.2. The van der Waals surface area contributed by atoms with E-state index in [2.05, 4.69) is 46.9 Å². The Hall–Kier alpha value is -3.16. The van der Waals surface area contributed by atoms with E-state index in [4.69, 9.17) is 9.47 Å². The number of ether oxygens (including phenoxy) is 2. The number of rotatable bonds is 8. The number of hydrogen-bond donors (Lipinski definition) is 1. The van der Waals surface area contributed by atoms with Gasteiger partial charge >= 0.3 is 11.9 Å². The Morgan fingerprint density at radius 3 is 1.67 bits per heavy atom. The number of benzene rings is 1. The first kappa shape index (κ1) is 32.7. The minimum atomic E-state index is -1.00. The highest BCUT2D eigenvalue weighted by molar-refractivity contribution is 6.00. The van der Waals surface area contributed by atoms with Gasteiger partial charge in [0.05, 0.1) is 22.0 Å². The molecular formula is C35H50N2O6. The molecule has 4 rings (SSSR count). The summed E-state index contributed by atoms with van der Waals surface area (Å²) in [6, 6.07) is 6.35. The number of carbonyl (C=O) groups excluding carboxylic acids is 2. The van der Waals surface area contributed by atoms with Gasteiger partial charge in [0.15, 0.2) is 0 Å². The van der Waals surface area contributed by atoms with Crippen LogP contribution in [0.25, 0.3) is 0 Å². The second-order valence-electron chi connectivity index (χ2n) is 14.0. The Morgan fingerprint density at radius 2 is 1.26 bits per heavy atom. The van der Waals surface area contributed by atoms with E-state index in [1.807, 2.05) is 0 Å². The maximum Gasteiger partial charge on any atom is 0.337 e. The molecule has 43 heavy (non-hydrogen) atoms. The fraction of sp³-hybridized carbons (Fsp3) is 0.657. The zero-order valence-electron chi connectivity index (χ0n) is 27.1. The lowest BCUT2D eigenvalue weighted by Gasteiger charge is -2.39. The van der Waals surface area contributed by atoms with Gasteiger partial charge < -0.3 is 14.8 Å². The van der Waals surface area contributed by atoms with Gasteiger partial charge in [-0.1, -0.05) is 72.6 Å². The van der Waals surface area contributed by atoms with Crippen LogP contribution < -0.4 is 5.32 Å². The zero-order chi connectivity index (χ0) is 31.6. The van der Waals surface area contributed by atoms with Crippen molar-refractivity contribution in [3.05, 3.63) is 62.5 Å². The van der Waals surface area contributed by atoms with E-state index in [0.29, 0.717) is 35.1 Å². The van der Waals surface area contributed by atoms with E-state index in [-0.39, 0.29) is 46.4 Å². The molecule has 6 atom stereocenters. The van der Waals surface area contributed by atoms with Crippen LogP contribution in [0.3, 0.4) is 0 Å². The minimum Gasteiger partial charge on any atom is -0.459 e. The largest absolute Gasteiger partial charge is 0.459 e. The summed E-state index contributed by atoms with van der Waals surface area (Å²) in [7, 11) is 0. The molecule has 0 bridgehead atoms. The summed E-state index contributed by atoms with van der Waals surface area (Å²) in [5.41, 5.74) is 1.64. The first-order chi connectivity index (χ1) is 20.3. The van der Waals surface area contributed by atoms with Gasteiger partial charge in [0.2, 0.25) is 0 Å². The molecule has 2 fully saturated rings. The Kier molecular flexibility index (Phi) is 10.4. The molecule has 0 radical (unpaired) electrons. The first-order valence-electron chi connectivity index (χ1n) is 16.1. The number of nitro groups is 1. The van der Waals surface area contributed by atoms with E-state index in [0.717, 1.165) is 38.5 Å². The van der Waals surface area contributed by atoms with Crippen molar-refractivity contribution in [1.82, 2.24) is 5.32 Å². The Bertz CT molecular complexity index is 1210. The van der Waals surface area contributed by atoms with Crippen molar-refractivity contribution in [3.63, 3.8) is 0 Å². The van der Waals surface area contributed by atoms with Gasteiger partial charge in [0.25, 0.3) is 5.69 Å². The molecule has 2 unspecified atom stereocenters. The van der Waals surface area contributed by atoms with Crippen LogP contribution in [0.15, 0.2) is 46.8 Å². The van der Waals surface area contributed by atoms with Crippen molar-refractivity contribution in [2.75, 3.05) is 0 Å². The molecule has 1 heterocycles. The number of nitrogens with one attached hydrogen (secondary N) is 1. The summed E-state index contributed by atoms with van der Waals surface area (Å²) in [5, 5.41) is 15.5. The number of carbonyl (C=O) groups is 2. The highest BCUT2D eigenvalue weighted by Crippen LogP contribution is 2.45. The van der Waals surface area contributed by atoms with Gasteiger partial charge in [-0.2, -0.15) is 0 Å². The average molecular weight is 595 g/mol. The number of esters is 2. The molecule has 0 saturated heterocycles. The van der Waals surface area contributed by atoms with Crippen molar-refractivity contribution in [3.8, 4) is 0 Å². The van der Waals surface area contributed by atoms with Crippen molar-refractivity contribution < 1.29 is 24.0 Å². The number of allylic oxidation sites excluding steroid dienone is 2. The predicted octanol–water partition coefficient (Wildman–Crippen LogP) is 7.84. The number of dihydropyridines is 1. The van der Waals surface area contributed by atoms with Crippen LogP contribution in [0.1, 0.15) is 105 Å². The van der Waals surface area contributed by atoms with Crippen LogP contribution in [-0.2, 0) is 19.1 Å². The molecule has 1 aliphatic heterocycles. The minimum absolute atomic E-state index is 0.150. The number of hydrogen-bond acceptors (Lipinski definition) is 7. The second-order valence-corrected chi connectivity index (χ2v) is 14.0. The van der Waals surface area contributed by atoms with E-state index in [1.54, 1.807) is 32.0 Å². The molecule has 1 N–H and O–H groups in total. The summed E-state index contributed by atoms with van der Waals surface area (Å²) in [6.45, 7) is 16.5. The summed E-state index contributed by atoms with van der Waals surface area (Å²) in [5.74, 6) is -0.0829. The third kappa shape index (κ3) is 7.15.